The third-order valence-corrected chi connectivity index (χ3v) is 4.63. The first-order valence-electron chi connectivity index (χ1n) is 8.92. The van der Waals surface area contributed by atoms with Crippen LogP contribution in [0.25, 0.3) is 6.08 Å². The summed E-state index contributed by atoms with van der Waals surface area (Å²) in [7, 11) is 1.60. The predicted molar refractivity (Wildman–Crippen MR) is 102 cm³/mol. The number of anilines is 1. The minimum absolute atomic E-state index is 0.250. The Kier molecular flexibility index (Phi) is 6.80. The van der Waals surface area contributed by atoms with E-state index in [-0.39, 0.29) is 12.5 Å². The van der Waals surface area contributed by atoms with Crippen LogP contribution in [0.2, 0.25) is 0 Å². The quantitative estimate of drug-likeness (QED) is 0.576. The van der Waals surface area contributed by atoms with Crippen molar-refractivity contribution in [2.75, 3.05) is 44.9 Å². The highest BCUT2D eigenvalue weighted by atomic mass is 16.5. The number of hydrogen-bond donors (Lipinski definition) is 0. The summed E-state index contributed by atoms with van der Waals surface area (Å²) in [5, 5.41) is 0. The van der Waals surface area contributed by atoms with Gasteiger partial charge in [0.05, 0.1) is 19.8 Å². The number of carbonyl (C=O) groups is 2. The third-order valence-electron chi connectivity index (χ3n) is 4.63. The van der Waals surface area contributed by atoms with Gasteiger partial charge in [0, 0.05) is 31.9 Å². The maximum atomic E-state index is 12.4. The van der Waals surface area contributed by atoms with Gasteiger partial charge >= 0.3 is 5.97 Å². The van der Waals surface area contributed by atoms with Gasteiger partial charge in [-0.25, -0.2) is 4.79 Å². The van der Waals surface area contributed by atoms with E-state index in [4.69, 9.17) is 9.47 Å². The van der Waals surface area contributed by atoms with Crippen molar-refractivity contribution < 1.29 is 19.1 Å². The van der Waals surface area contributed by atoms with Crippen LogP contribution in [0.5, 0.6) is 0 Å². The van der Waals surface area contributed by atoms with Gasteiger partial charge in [-0.1, -0.05) is 12.1 Å². The van der Waals surface area contributed by atoms with Crippen molar-refractivity contribution in [2.45, 2.75) is 26.3 Å². The second-order valence-electron chi connectivity index (χ2n) is 6.70. The van der Waals surface area contributed by atoms with Gasteiger partial charge in [-0.05, 0) is 44.5 Å². The standard InChI is InChI=1S/C20H28N2O4/c1-5-26-19(24)20(2,3)21(4)18(23)11-8-16-6-9-17(10-7-16)22-12-14-25-15-13-22/h6-11H,5,12-15H2,1-4H3. The molecule has 0 spiro atoms. The van der Waals surface area contributed by atoms with Crippen molar-refractivity contribution in [2.24, 2.45) is 0 Å². The molecule has 1 heterocycles. The molecule has 1 aliphatic heterocycles. The highest BCUT2D eigenvalue weighted by Crippen LogP contribution is 2.18. The lowest BCUT2D eigenvalue weighted by Crippen LogP contribution is -2.51. The minimum Gasteiger partial charge on any atom is -0.464 e. The number of benzene rings is 1. The summed E-state index contributed by atoms with van der Waals surface area (Å²) in [5.74, 6) is -0.667. The molecule has 2 rings (SSSR count). The van der Waals surface area contributed by atoms with Gasteiger partial charge < -0.3 is 19.3 Å². The van der Waals surface area contributed by atoms with E-state index in [1.807, 2.05) is 24.3 Å². The summed E-state index contributed by atoms with van der Waals surface area (Å²) in [6.45, 7) is 8.66. The van der Waals surface area contributed by atoms with Crippen LogP contribution < -0.4 is 4.90 Å². The van der Waals surface area contributed by atoms with E-state index in [9.17, 15) is 9.59 Å². The fourth-order valence-electron chi connectivity index (χ4n) is 2.62. The number of esters is 1. The van der Waals surface area contributed by atoms with E-state index in [2.05, 4.69) is 4.90 Å². The van der Waals surface area contributed by atoms with Crippen LogP contribution in [0.15, 0.2) is 30.3 Å². The Morgan fingerprint density at radius 2 is 1.85 bits per heavy atom. The SMILES string of the molecule is CCOC(=O)C(C)(C)N(C)C(=O)C=Cc1ccc(N2CCOCC2)cc1. The molecule has 0 saturated carbocycles. The average Bonchev–Trinajstić information content (AvgIpc) is 2.66. The molecule has 0 N–H and O–H groups in total. The summed E-state index contributed by atoms with van der Waals surface area (Å²) >= 11 is 0. The van der Waals surface area contributed by atoms with Crippen LogP contribution in [-0.2, 0) is 19.1 Å². The van der Waals surface area contributed by atoms with E-state index in [1.165, 1.54) is 11.0 Å². The first-order valence-corrected chi connectivity index (χ1v) is 8.92. The highest BCUT2D eigenvalue weighted by Gasteiger charge is 2.35. The fourth-order valence-corrected chi connectivity index (χ4v) is 2.62. The largest absolute Gasteiger partial charge is 0.464 e. The van der Waals surface area contributed by atoms with Gasteiger partial charge in [-0.15, -0.1) is 0 Å². The highest BCUT2D eigenvalue weighted by molar-refractivity contribution is 5.95. The Labute approximate surface area is 155 Å². The molecule has 1 amide bonds. The molecule has 1 saturated heterocycles. The number of morpholine rings is 1. The topological polar surface area (TPSA) is 59.1 Å². The normalized spacial score (nSPS) is 15.2. The molecule has 6 heteroatoms. The van der Waals surface area contributed by atoms with Gasteiger partial charge in [0.25, 0.3) is 0 Å². The van der Waals surface area contributed by atoms with Crippen LogP contribution in [0, 0.1) is 0 Å². The second-order valence-corrected chi connectivity index (χ2v) is 6.70. The van der Waals surface area contributed by atoms with Crippen molar-refractivity contribution in [3.63, 3.8) is 0 Å². The summed E-state index contributed by atoms with van der Waals surface area (Å²) in [5.41, 5.74) is 1.06. The van der Waals surface area contributed by atoms with Crippen LogP contribution in [0.4, 0.5) is 5.69 Å². The number of ether oxygens (including phenoxy) is 2. The first kappa shape index (κ1) is 20.0. The van der Waals surface area contributed by atoms with E-state index >= 15 is 0 Å². The zero-order chi connectivity index (χ0) is 19.2. The van der Waals surface area contributed by atoms with Gasteiger partial charge in [0.2, 0.25) is 5.91 Å². The summed E-state index contributed by atoms with van der Waals surface area (Å²) < 4.78 is 10.4. The number of nitrogens with zero attached hydrogens (tertiary/aromatic N) is 2. The molecule has 0 bridgehead atoms. The molecular formula is C20H28N2O4. The molecule has 6 nitrogen and oxygen atoms in total. The van der Waals surface area contributed by atoms with Crippen LogP contribution in [0.3, 0.4) is 0 Å². The van der Waals surface area contributed by atoms with Gasteiger partial charge in [0.1, 0.15) is 5.54 Å². The molecule has 26 heavy (non-hydrogen) atoms. The van der Waals surface area contributed by atoms with Gasteiger partial charge in [-0.3, -0.25) is 4.79 Å². The van der Waals surface area contributed by atoms with Crippen molar-refractivity contribution in [3.8, 4) is 0 Å². The van der Waals surface area contributed by atoms with E-state index in [0.29, 0.717) is 0 Å². The smallest absolute Gasteiger partial charge is 0.331 e. The fraction of sp³-hybridized carbons (Fsp3) is 0.500. The van der Waals surface area contributed by atoms with Crippen molar-refractivity contribution >= 4 is 23.6 Å². The monoisotopic (exact) mass is 360 g/mol. The maximum absolute atomic E-state index is 12.4. The van der Waals surface area contributed by atoms with Crippen LogP contribution in [0.1, 0.15) is 26.3 Å². The predicted octanol–water partition coefficient (Wildman–Crippen LogP) is 2.34. The number of amides is 1. The number of rotatable bonds is 6. The molecule has 0 aromatic heterocycles. The Hall–Kier alpha value is -2.34. The Balaban J connectivity index is 1.99. The molecule has 142 valence electrons. The molecular weight excluding hydrogens is 332 g/mol. The lowest BCUT2D eigenvalue weighted by molar-refractivity contribution is -0.158. The zero-order valence-corrected chi connectivity index (χ0v) is 16.0. The van der Waals surface area contributed by atoms with Crippen molar-refractivity contribution in [3.05, 3.63) is 35.9 Å². The summed E-state index contributed by atoms with van der Waals surface area (Å²) in [6.07, 6.45) is 3.23. The Morgan fingerprint density at radius 1 is 1.23 bits per heavy atom. The minimum atomic E-state index is -1.02. The zero-order valence-electron chi connectivity index (χ0n) is 16.0. The molecule has 1 aromatic carbocycles. The molecule has 1 aliphatic rings. The second kappa shape index (κ2) is 8.85. The molecule has 1 fully saturated rings. The van der Waals surface area contributed by atoms with Crippen LogP contribution in [-0.4, -0.2) is 62.3 Å². The van der Waals surface area contributed by atoms with Crippen LogP contribution >= 0.6 is 0 Å². The van der Waals surface area contributed by atoms with Crippen molar-refractivity contribution in [1.29, 1.82) is 0 Å². The lowest BCUT2D eigenvalue weighted by atomic mass is 10.0. The molecule has 0 aliphatic carbocycles. The molecule has 1 aromatic rings. The summed E-state index contributed by atoms with van der Waals surface area (Å²) in [4.78, 5) is 28.1. The van der Waals surface area contributed by atoms with Gasteiger partial charge in [-0.2, -0.15) is 0 Å². The molecule has 0 radical (unpaired) electrons. The van der Waals surface area contributed by atoms with Gasteiger partial charge in [0.15, 0.2) is 0 Å². The lowest BCUT2D eigenvalue weighted by Gasteiger charge is -2.32. The van der Waals surface area contributed by atoms with E-state index in [0.717, 1.165) is 37.6 Å². The third kappa shape index (κ3) is 4.85. The average molecular weight is 360 g/mol. The van der Waals surface area contributed by atoms with E-state index < -0.39 is 11.5 Å². The number of likely N-dealkylation sites (N-methyl/N-ethyl adjacent to an activating group) is 1. The first-order chi connectivity index (χ1) is 12.4. The number of hydrogen-bond acceptors (Lipinski definition) is 5. The Morgan fingerprint density at radius 3 is 2.42 bits per heavy atom. The van der Waals surface area contributed by atoms with E-state index in [1.54, 1.807) is 33.9 Å². The molecule has 0 atom stereocenters. The number of carbonyl (C=O) groups excluding carboxylic acids is 2. The summed E-state index contributed by atoms with van der Waals surface area (Å²) in [6, 6.07) is 8.04. The Bertz CT molecular complexity index is 646. The van der Waals surface area contributed by atoms with Crippen molar-refractivity contribution in [1.82, 2.24) is 4.90 Å². The maximum Gasteiger partial charge on any atom is 0.331 e. The molecule has 0 unspecified atom stereocenters.